The molecule has 6 nitrogen and oxygen atoms in total. The van der Waals surface area contributed by atoms with E-state index in [0.717, 1.165) is 11.4 Å². The first-order valence-corrected chi connectivity index (χ1v) is 7.12. The highest BCUT2D eigenvalue weighted by Crippen LogP contribution is 2.22. The standard InChI is InChI=1S/C14H19ClN4O2/c1-7(6-19-10(4)12(15)8(2)17-19)14(20)16-13-9(3)18-21-11(13)5/h7H,6H2,1-5H3,(H,16,20). The van der Waals surface area contributed by atoms with Crippen LogP contribution in [-0.2, 0) is 11.3 Å². The van der Waals surface area contributed by atoms with Crippen LogP contribution in [0.3, 0.4) is 0 Å². The Hall–Kier alpha value is -1.82. The summed E-state index contributed by atoms with van der Waals surface area (Å²) in [6.45, 7) is 9.60. The first-order chi connectivity index (χ1) is 9.81. The number of hydrogen-bond donors (Lipinski definition) is 1. The monoisotopic (exact) mass is 310 g/mol. The van der Waals surface area contributed by atoms with Crippen molar-refractivity contribution in [2.24, 2.45) is 5.92 Å². The summed E-state index contributed by atoms with van der Waals surface area (Å²) in [5, 5.41) is 11.7. The van der Waals surface area contributed by atoms with Crippen molar-refractivity contribution in [3.63, 3.8) is 0 Å². The Kier molecular flexibility index (Phi) is 4.37. The van der Waals surface area contributed by atoms with Crippen LogP contribution in [0.2, 0.25) is 5.02 Å². The summed E-state index contributed by atoms with van der Waals surface area (Å²) in [6, 6.07) is 0. The Morgan fingerprint density at radius 2 is 2.00 bits per heavy atom. The zero-order valence-corrected chi connectivity index (χ0v) is 13.6. The Bertz CT molecular complexity index is 655. The molecule has 0 saturated carbocycles. The number of aromatic nitrogens is 3. The molecule has 2 aromatic heterocycles. The van der Waals surface area contributed by atoms with Gasteiger partial charge in [0, 0.05) is 0 Å². The van der Waals surface area contributed by atoms with Crippen molar-refractivity contribution in [3.8, 4) is 0 Å². The number of hydrogen-bond acceptors (Lipinski definition) is 4. The van der Waals surface area contributed by atoms with Crippen molar-refractivity contribution in [1.82, 2.24) is 14.9 Å². The summed E-state index contributed by atoms with van der Waals surface area (Å²) in [6.07, 6.45) is 0. The molecule has 1 amide bonds. The van der Waals surface area contributed by atoms with Gasteiger partial charge in [0.05, 0.1) is 28.9 Å². The van der Waals surface area contributed by atoms with Crippen molar-refractivity contribution in [2.75, 3.05) is 5.32 Å². The van der Waals surface area contributed by atoms with Gasteiger partial charge in [-0.2, -0.15) is 5.10 Å². The number of halogens is 1. The van der Waals surface area contributed by atoms with Gasteiger partial charge in [-0.3, -0.25) is 9.48 Å². The predicted molar refractivity (Wildman–Crippen MR) is 80.5 cm³/mol. The number of carbonyl (C=O) groups is 1. The number of rotatable bonds is 4. The van der Waals surface area contributed by atoms with E-state index >= 15 is 0 Å². The molecule has 0 spiro atoms. The lowest BCUT2D eigenvalue weighted by atomic mass is 10.1. The van der Waals surface area contributed by atoms with Gasteiger partial charge in [0.2, 0.25) is 5.91 Å². The highest BCUT2D eigenvalue weighted by atomic mass is 35.5. The van der Waals surface area contributed by atoms with Crippen LogP contribution in [0.4, 0.5) is 5.69 Å². The largest absolute Gasteiger partial charge is 0.359 e. The van der Waals surface area contributed by atoms with E-state index in [1.54, 1.807) is 18.5 Å². The van der Waals surface area contributed by atoms with Gasteiger partial charge in [0.1, 0.15) is 11.4 Å². The molecule has 0 aromatic carbocycles. The molecule has 7 heteroatoms. The van der Waals surface area contributed by atoms with E-state index < -0.39 is 0 Å². The van der Waals surface area contributed by atoms with Crippen molar-refractivity contribution in [1.29, 1.82) is 0 Å². The van der Waals surface area contributed by atoms with Crippen molar-refractivity contribution in [3.05, 3.63) is 27.9 Å². The Labute approximate surface area is 128 Å². The number of amides is 1. The molecule has 21 heavy (non-hydrogen) atoms. The molecule has 2 rings (SSSR count). The minimum Gasteiger partial charge on any atom is -0.359 e. The second kappa shape index (κ2) is 5.89. The quantitative estimate of drug-likeness (QED) is 0.942. The van der Waals surface area contributed by atoms with Gasteiger partial charge in [0.15, 0.2) is 5.76 Å². The van der Waals surface area contributed by atoms with Crippen molar-refractivity contribution >= 4 is 23.2 Å². The second-order valence-electron chi connectivity index (χ2n) is 5.26. The van der Waals surface area contributed by atoms with Gasteiger partial charge in [-0.25, -0.2) is 0 Å². The van der Waals surface area contributed by atoms with E-state index in [1.807, 2.05) is 20.8 Å². The van der Waals surface area contributed by atoms with Crippen molar-refractivity contribution < 1.29 is 9.32 Å². The van der Waals surface area contributed by atoms with Crippen LogP contribution >= 0.6 is 11.6 Å². The summed E-state index contributed by atoms with van der Waals surface area (Å²) in [5.74, 6) is 0.239. The van der Waals surface area contributed by atoms with Gasteiger partial charge in [-0.05, 0) is 27.7 Å². The second-order valence-corrected chi connectivity index (χ2v) is 5.63. The SMILES string of the molecule is Cc1nn(CC(C)C(=O)Nc2c(C)noc2C)c(C)c1Cl. The van der Waals surface area contributed by atoms with Crippen LogP contribution in [0.5, 0.6) is 0 Å². The van der Waals surface area contributed by atoms with Gasteiger partial charge in [0.25, 0.3) is 0 Å². The van der Waals surface area contributed by atoms with Crippen LogP contribution in [0.15, 0.2) is 4.52 Å². The molecule has 0 aliphatic heterocycles. The maximum atomic E-state index is 12.3. The third-order valence-electron chi connectivity index (χ3n) is 3.47. The Balaban J connectivity index is 2.08. The number of nitrogens with one attached hydrogen (secondary N) is 1. The van der Waals surface area contributed by atoms with Crippen molar-refractivity contribution in [2.45, 2.75) is 41.2 Å². The molecule has 1 atom stereocenters. The predicted octanol–water partition coefficient (Wildman–Crippen LogP) is 3.03. The maximum absolute atomic E-state index is 12.3. The van der Waals surface area contributed by atoms with E-state index in [0.29, 0.717) is 28.7 Å². The topological polar surface area (TPSA) is 73.0 Å². The lowest BCUT2D eigenvalue weighted by Gasteiger charge is -2.13. The van der Waals surface area contributed by atoms with Crippen LogP contribution in [0.1, 0.15) is 29.8 Å². The van der Waals surface area contributed by atoms with Crippen LogP contribution < -0.4 is 5.32 Å². The molecule has 2 heterocycles. The minimum absolute atomic E-state index is 0.104. The molecule has 0 bridgehead atoms. The van der Waals surface area contributed by atoms with E-state index in [9.17, 15) is 4.79 Å². The Morgan fingerprint density at radius 1 is 1.33 bits per heavy atom. The first-order valence-electron chi connectivity index (χ1n) is 6.74. The molecular formula is C14H19ClN4O2. The fraction of sp³-hybridized carbons (Fsp3) is 0.500. The average molecular weight is 311 g/mol. The van der Waals surface area contributed by atoms with Gasteiger partial charge >= 0.3 is 0 Å². The fourth-order valence-electron chi connectivity index (χ4n) is 2.10. The van der Waals surface area contributed by atoms with Gasteiger partial charge in [-0.1, -0.05) is 23.7 Å². The summed E-state index contributed by atoms with van der Waals surface area (Å²) in [7, 11) is 0. The molecule has 2 aromatic rings. The lowest BCUT2D eigenvalue weighted by molar-refractivity contribution is -0.119. The zero-order valence-electron chi connectivity index (χ0n) is 12.8. The Morgan fingerprint density at radius 3 is 2.48 bits per heavy atom. The summed E-state index contributed by atoms with van der Waals surface area (Å²) in [5.41, 5.74) is 2.94. The molecule has 0 radical (unpaired) electrons. The highest BCUT2D eigenvalue weighted by Gasteiger charge is 2.20. The van der Waals surface area contributed by atoms with E-state index in [1.165, 1.54) is 0 Å². The average Bonchev–Trinajstić information content (AvgIpc) is 2.87. The van der Waals surface area contributed by atoms with E-state index in [4.69, 9.17) is 16.1 Å². The molecular weight excluding hydrogens is 292 g/mol. The highest BCUT2D eigenvalue weighted by molar-refractivity contribution is 6.31. The number of nitrogens with zero attached hydrogens (tertiary/aromatic N) is 3. The zero-order chi connectivity index (χ0) is 15.7. The number of carbonyl (C=O) groups excluding carboxylic acids is 1. The lowest BCUT2D eigenvalue weighted by Crippen LogP contribution is -2.25. The van der Waals surface area contributed by atoms with Crippen LogP contribution in [-0.4, -0.2) is 20.8 Å². The third kappa shape index (κ3) is 3.10. The minimum atomic E-state index is -0.257. The molecule has 0 aliphatic rings. The normalized spacial score (nSPS) is 12.5. The molecule has 0 saturated heterocycles. The van der Waals surface area contributed by atoms with E-state index in [-0.39, 0.29) is 11.8 Å². The number of aryl methyl sites for hydroxylation is 3. The molecule has 0 fully saturated rings. The van der Waals surface area contributed by atoms with Gasteiger partial charge < -0.3 is 9.84 Å². The first kappa shape index (κ1) is 15.6. The van der Waals surface area contributed by atoms with E-state index in [2.05, 4.69) is 15.6 Å². The summed E-state index contributed by atoms with van der Waals surface area (Å²) >= 11 is 6.11. The fourth-order valence-corrected chi connectivity index (χ4v) is 2.24. The number of anilines is 1. The van der Waals surface area contributed by atoms with Crippen LogP contribution in [0, 0.1) is 33.6 Å². The maximum Gasteiger partial charge on any atom is 0.229 e. The third-order valence-corrected chi connectivity index (χ3v) is 4.02. The van der Waals surface area contributed by atoms with Gasteiger partial charge in [-0.15, -0.1) is 0 Å². The van der Waals surface area contributed by atoms with Crippen LogP contribution in [0.25, 0.3) is 0 Å². The molecule has 0 aliphatic carbocycles. The molecule has 114 valence electrons. The summed E-state index contributed by atoms with van der Waals surface area (Å²) in [4.78, 5) is 12.3. The molecule has 1 N–H and O–H groups in total. The summed E-state index contributed by atoms with van der Waals surface area (Å²) < 4.78 is 6.79. The molecule has 1 unspecified atom stereocenters. The smallest absolute Gasteiger partial charge is 0.229 e.